The number of hydrogen-bond donors (Lipinski definition) is 3. The average molecular weight is 256 g/mol. The summed E-state index contributed by atoms with van der Waals surface area (Å²) in [6.45, 7) is 4.05. The van der Waals surface area contributed by atoms with Crippen LogP contribution >= 0.6 is 0 Å². The largest absolute Gasteiger partial charge is 0.481 e. The summed E-state index contributed by atoms with van der Waals surface area (Å²) in [4.78, 5) is 33.5. The van der Waals surface area contributed by atoms with Gasteiger partial charge in [-0.25, -0.2) is 0 Å². The second-order valence-electron chi connectivity index (χ2n) is 4.90. The van der Waals surface area contributed by atoms with Crippen molar-refractivity contribution in [3.05, 3.63) is 0 Å². The Kier molecular flexibility index (Phi) is 5.12. The molecule has 0 aromatic carbocycles. The summed E-state index contributed by atoms with van der Waals surface area (Å²) in [5.74, 6) is -2.05. The van der Waals surface area contributed by atoms with Gasteiger partial charge in [-0.15, -0.1) is 0 Å². The highest BCUT2D eigenvalue weighted by Gasteiger charge is 2.40. The van der Waals surface area contributed by atoms with E-state index in [1.165, 1.54) is 6.92 Å². The van der Waals surface area contributed by atoms with E-state index in [0.29, 0.717) is 25.9 Å². The zero-order valence-electron chi connectivity index (χ0n) is 10.7. The van der Waals surface area contributed by atoms with Gasteiger partial charge in [0.25, 0.3) is 0 Å². The van der Waals surface area contributed by atoms with Crippen LogP contribution in [0.25, 0.3) is 0 Å². The standard InChI is InChI=1S/C12H20N2O4/c1-7-5-9(10(6-7)12(17)18)11(16)14-4-3-13-8(2)15/h7,9-10H,3-6H2,1-2H3,(H,13,15)(H,14,16)(H,17,18)/t7?,9-,10+/m0/s1. The number of hydrogen-bond acceptors (Lipinski definition) is 3. The summed E-state index contributed by atoms with van der Waals surface area (Å²) in [6.07, 6.45) is 1.17. The van der Waals surface area contributed by atoms with Crippen LogP contribution in [-0.2, 0) is 14.4 Å². The Labute approximate surface area is 106 Å². The van der Waals surface area contributed by atoms with Crippen molar-refractivity contribution < 1.29 is 19.5 Å². The summed E-state index contributed by atoms with van der Waals surface area (Å²) in [5, 5.41) is 14.3. The third kappa shape index (κ3) is 4.01. The molecule has 0 radical (unpaired) electrons. The molecule has 102 valence electrons. The Morgan fingerprint density at radius 3 is 2.22 bits per heavy atom. The average Bonchev–Trinajstić information content (AvgIpc) is 2.66. The van der Waals surface area contributed by atoms with Gasteiger partial charge >= 0.3 is 5.97 Å². The molecule has 1 aliphatic rings. The molecule has 1 unspecified atom stereocenters. The van der Waals surface area contributed by atoms with Gasteiger partial charge in [0.2, 0.25) is 11.8 Å². The van der Waals surface area contributed by atoms with Crippen molar-refractivity contribution >= 4 is 17.8 Å². The van der Waals surface area contributed by atoms with Crippen molar-refractivity contribution in [1.82, 2.24) is 10.6 Å². The Morgan fingerprint density at radius 2 is 1.67 bits per heavy atom. The van der Waals surface area contributed by atoms with Crippen molar-refractivity contribution in [3.63, 3.8) is 0 Å². The lowest BCUT2D eigenvalue weighted by atomic mass is 9.95. The lowest BCUT2D eigenvalue weighted by Gasteiger charge is -2.15. The molecule has 0 heterocycles. The Morgan fingerprint density at radius 1 is 1.11 bits per heavy atom. The van der Waals surface area contributed by atoms with E-state index in [-0.39, 0.29) is 17.7 Å². The van der Waals surface area contributed by atoms with Crippen LogP contribution in [0.1, 0.15) is 26.7 Å². The summed E-state index contributed by atoms with van der Waals surface area (Å²) in [7, 11) is 0. The number of aliphatic carboxylic acids is 1. The molecule has 1 fully saturated rings. The molecular formula is C12H20N2O4. The third-order valence-electron chi connectivity index (χ3n) is 3.25. The fourth-order valence-corrected chi connectivity index (χ4v) is 2.41. The maximum atomic E-state index is 11.9. The molecule has 2 amide bonds. The molecule has 1 aliphatic carbocycles. The monoisotopic (exact) mass is 256 g/mol. The van der Waals surface area contributed by atoms with Gasteiger partial charge in [-0.05, 0) is 18.8 Å². The molecule has 3 N–H and O–H groups in total. The normalized spacial score (nSPS) is 26.7. The highest BCUT2D eigenvalue weighted by Crippen LogP contribution is 2.36. The Hall–Kier alpha value is -1.59. The first-order valence-electron chi connectivity index (χ1n) is 6.16. The number of amides is 2. The van der Waals surface area contributed by atoms with Gasteiger partial charge in [0, 0.05) is 20.0 Å². The van der Waals surface area contributed by atoms with Gasteiger partial charge in [0.05, 0.1) is 11.8 Å². The van der Waals surface area contributed by atoms with E-state index in [1.54, 1.807) is 0 Å². The topological polar surface area (TPSA) is 95.5 Å². The molecule has 1 saturated carbocycles. The minimum Gasteiger partial charge on any atom is -0.481 e. The minimum absolute atomic E-state index is 0.151. The Bertz CT molecular complexity index is 343. The molecule has 0 bridgehead atoms. The molecule has 1 rings (SSSR count). The van der Waals surface area contributed by atoms with Crippen LogP contribution in [0.15, 0.2) is 0 Å². The molecule has 6 nitrogen and oxygen atoms in total. The van der Waals surface area contributed by atoms with E-state index in [1.807, 2.05) is 6.92 Å². The zero-order valence-corrected chi connectivity index (χ0v) is 10.7. The quantitative estimate of drug-likeness (QED) is 0.603. The van der Waals surface area contributed by atoms with Gasteiger partial charge < -0.3 is 15.7 Å². The molecule has 0 aromatic heterocycles. The molecule has 18 heavy (non-hydrogen) atoms. The van der Waals surface area contributed by atoms with E-state index in [4.69, 9.17) is 5.11 Å². The van der Waals surface area contributed by atoms with Crippen molar-refractivity contribution in [1.29, 1.82) is 0 Å². The van der Waals surface area contributed by atoms with Crippen LogP contribution in [0.2, 0.25) is 0 Å². The van der Waals surface area contributed by atoms with E-state index < -0.39 is 17.8 Å². The lowest BCUT2D eigenvalue weighted by Crippen LogP contribution is -2.39. The molecule has 0 aliphatic heterocycles. The van der Waals surface area contributed by atoms with Gasteiger partial charge in [-0.3, -0.25) is 14.4 Å². The first-order chi connectivity index (χ1) is 8.41. The SMILES string of the molecule is CC(=O)NCCNC(=O)[C@H]1CC(C)C[C@H]1C(=O)O. The zero-order chi connectivity index (χ0) is 13.7. The predicted octanol–water partition coefficient (Wildman–Crippen LogP) is -0.0144. The summed E-state index contributed by atoms with van der Waals surface area (Å²) < 4.78 is 0. The summed E-state index contributed by atoms with van der Waals surface area (Å²) in [6, 6.07) is 0. The van der Waals surface area contributed by atoms with Crippen molar-refractivity contribution in [3.8, 4) is 0 Å². The lowest BCUT2D eigenvalue weighted by molar-refractivity contribution is -0.146. The van der Waals surface area contributed by atoms with E-state index in [9.17, 15) is 14.4 Å². The number of carboxylic acids is 1. The predicted molar refractivity (Wildman–Crippen MR) is 64.7 cm³/mol. The van der Waals surface area contributed by atoms with E-state index in [0.717, 1.165) is 0 Å². The van der Waals surface area contributed by atoms with Crippen LogP contribution in [0.5, 0.6) is 0 Å². The summed E-state index contributed by atoms with van der Waals surface area (Å²) >= 11 is 0. The molecule has 3 atom stereocenters. The van der Waals surface area contributed by atoms with E-state index in [2.05, 4.69) is 10.6 Å². The summed E-state index contributed by atoms with van der Waals surface area (Å²) in [5.41, 5.74) is 0. The maximum absolute atomic E-state index is 11.9. The molecule has 0 spiro atoms. The van der Waals surface area contributed by atoms with Gasteiger partial charge in [0.15, 0.2) is 0 Å². The number of carboxylic acid groups (broad SMARTS) is 1. The van der Waals surface area contributed by atoms with Crippen LogP contribution in [0, 0.1) is 17.8 Å². The smallest absolute Gasteiger partial charge is 0.307 e. The number of carbonyl (C=O) groups excluding carboxylic acids is 2. The number of rotatable bonds is 5. The number of nitrogens with one attached hydrogen (secondary N) is 2. The van der Waals surface area contributed by atoms with Crippen LogP contribution in [0.4, 0.5) is 0 Å². The minimum atomic E-state index is -0.902. The van der Waals surface area contributed by atoms with Gasteiger partial charge in [-0.2, -0.15) is 0 Å². The molecule has 0 aromatic rings. The fourth-order valence-electron chi connectivity index (χ4n) is 2.41. The maximum Gasteiger partial charge on any atom is 0.307 e. The molecular weight excluding hydrogens is 236 g/mol. The molecule has 0 saturated heterocycles. The highest BCUT2D eigenvalue weighted by atomic mass is 16.4. The van der Waals surface area contributed by atoms with Crippen LogP contribution < -0.4 is 10.6 Å². The van der Waals surface area contributed by atoms with Crippen LogP contribution in [0.3, 0.4) is 0 Å². The van der Waals surface area contributed by atoms with Crippen molar-refractivity contribution in [2.45, 2.75) is 26.7 Å². The van der Waals surface area contributed by atoms with Gasteiger partial charge in [-0.1, -0.05) is 6.92 Å². The molecule has 6 heteroatoms. The van der Waals surface area contributed by atoms with Crippen molar-refractivity contribution in [2.75, 3.05) is 13.1 Å². The second-order valence-corrected chi connectivity index (χ2v) is 4.90. The Balaban J connectivity index is 2.40. The third-order valence-corrected chi connectivity index (χ3v) is 3.25. The first-order valence-corrected chi connectivity index (χ1v) is 6.16. The van der Waals surface area contributed by atoms with Crippen LogP contribution in [-0.4, -0.2) is 36.0 Å². The van der Waals surface area contributed by atoms with Gasteiger partial charge in [0.1, 0.15) is 0 Å². The highest BCUT2D eigenvalue weighted by molar-refractivity contribution is 5.85. The second kappa shape index (κ2) is 6.37. The fraction of sp³-hybridized carbons (Fsp3) is 0.750. The first kappa shape index (κ1) is 14.5. The number of carbonyl (C=O) groups is 3. The van der Waals surface area contributed by atoms with E-state index >= 15 is 0 Å². The van der Waals surface area contributed by atoms with Crippen molar-refractivity contribution in [2.24, 2.45) is 17.8 Å².